The summed E-state index contributed by atoms with van der Waals surface area (Å²) in [5, 5.41) is 5.74. The SMILES string of the molecule is CCOc1ccc(Oc2ncnc3c2cnn3-c2cccc(Cl)c2)cc1. The Morgan fingerprint density at radius 2 is 1.85 bits per heavy atom. The van der Waals surface area contributed by atoms with E-state index in [1.165, 1.54) is 6.33 Å². The van der Waals surface area contributed by atoms with Gasteiger partial charge in [0, 0.05) is 5.02 Å². The minimum atomic E-state index is 0.437. The molecule has 2 aromatic heterocycles. The molecule has 0 radical (unpaired) electrons. The Hall–Kier alpha value is -3.12. The lowest BCUT2D eigenvalue weighted by Crippen LogP contribution is -1.98. The van der Waals surface area contributed by atoms with Crippen LogP contribution < -0.4 is 9.47 Å². The Kier molecular flexibility index (Phi) is 4.41. The summed E-state index contributed by atoms with van der Waals surface area (Å²) in [5.41, 5.74) is 1.46. The summed E-state index contributed by atoms with van der Waals surface area (Å²) >= 11 is 6.08. The molecule has 0 aliphatic carbocycles. The van der Waals surface area contributed by atoms with E-state index in [4.69, 9.17) is 21.1 Å². The zero-order valence-corrected chi connectivity index (χ0v) is 14.7. The molecule has 0 spiro atoms. The van der Waals surface area contributed by atoms with Crippen LogP contribution >= 0.6 is 11.6 Å². The van der Waals surface area contributed by atoms with E-state index in [-0.39, 0.29) is 0 Å². The summed E-state index contributed by atoms with van der Waals surface area (Å²) in [6.07, 6.45) is 3.13. The molecule has 6 nitrogen and oxygen atoms in total. The lowest BCUT2D eigenvalue weighted by atomic mass is 10.3. The first-order valence-electron chi connectivity index (χ1n) is 8.10. The molecule has 0 atom stereocenters. The number of rotatable bonds is 5. The number of ether oxygens (including phenoxy) is 2. The van der Waals surface area contributed by atoms with Crippen molar-refractivity contribution in [2.45, 2.75) is 6.92 Å². The summed E-state index contributed by atoms with van der Waals surface area (Å²) in [4.78, 5) is 8.58. The van der Waals surface area contributed by atoms with Crippen molar-refractivity contribution < 1.29 is 9.47 Å². The molecule has 4 aromatic rings. The topological polar surface area (TPSA) is 62.1 Å². The van der Waals surface area contributed by atoms with E-state index < -0.39 is 0 Å². The first-order chi connectivity index (χ1) is 12.7. The van der Waals surface area contributed by atoms with E-state index in [1.807, 2.05) is 55.5 Å². The van der Waals surface area contributed by atoms with Gasteiger partial charge < -0.3 is 9.47 Å². The molecule has 0 amide bonds. The van der Waals surface area contributed by atoms with E-state index in [1.54, 1.807) is 10.9 Å². The molecule has 0 unspecified atom stereocenters. The van der Waals surface area contributed by atoms with Crippen molar-refractivity contribution in [1.82, 2.24) is 19.7 Å². The lowest BCUT2D eigenvalue weighted by molar-refractivity contribution is 0.339. The predicted octanol–water partition coefficient (Wildman–Crippen LogP) is 4.66. The highest BCUT2D eigenvalue weighted by molar-refractivity contribution is 6.30. The average Bonchev–Trinajstić information content (AvgIpc) is 3.09. The smallest absolute Gasteiger partial charge is 0.233 e. The van der Waals surface area contributed by atoms with Crippen LogP contribution in [-0.2, 0) is 0 Å². The van der Waals surface area contributed by atoms with E-state index in [0.717, 1.165) is 11.4 Å². The standard InChI is InChI=1S/C19H15ClN4O2/c1-2-25-15-6-8-16(9-7-15)26-19-17-11-23-24(18(17)21-12-22-19)14-5-3-4-13(20)10-14/h3-12H,2H2,1H3. The second-order valence-corrected chi connectivity index (χ2v) is 5.90. The molecular formula is C19H15ClN4O2. The second kappa shape index (κ2) is 7.01. The highest BCUT2D eigenvalue weighted by Crippen LogP contribution is 2.29. The van der Waals surface area contributed by atoms with Crippen molar-refractivity contribution in [2.24, 2.45) is 0 Å². The third-order valence-corrected chi connectivity index (χ3v) is 3.97. The maximum atomic E-state index is 6.08. The number of halogens is 1. The van der Waals surface area contributed by atoms with Gasteiger partial charge in [-0.1, -0.05) is 17.7 Å². The van der Waals surface area contributed by atoms with Gasteiger partial charge >= 0.3 is 0 Å². The van der Waals surface area contributed by atoms with Crippen LogP contribution in [0.15, 0.2) is 61.1 Å². The second-order valence-electron chi connectivity index (χ2n) is 5.46. The van der Waals surface area contributed by atoms with Gasteiger partial charge in [-0.2, -0.15) is 5.10 Å². The summed E-state index contributed by atoms with van der Waals surface area (Å²) < 4.78 is 13.1. The fraction of sp³-hybridized carbons (Fsp3) is 0.105. The third-order valence-electron chi connectivity index (χ3n) is 3.73. The van der Waals surface area contributed by atoms with Gasteiger partial charge in [-0.05, 0) is 49.4 Å². The van der Waals surface area contributed by atoms with E-state index >= 15 is 0 Å². The zero-order valence-electron chi connectivity index (χ0n) is 14.0. The lowest BCUT2D eigenvalue weighted by Gasteiger charge is -2.07. The Balaban J connectivity index is 1.68. The van der Waals surface area contributed by atoms with Gasteiger partial charge in [-0.3, -0.25) is 0 Å². The summed E-state index contributed by atoms with van der Waals surface area (Å²) in [7, 11) is 0. The molecule has 0 fully saturated rings. The fourth-order valence-corrected chi connectivity index (χ4v) is 2.77. The Bertz CT molecular complexity index is 1050. The van der Waals surface area contributed by atoms with Crippen molar-refractivity contribution in [1.29, 1.82) is 0 Å². The number of benzene rings is 2. The van der Waals surface area contributed by atoms with Gasteiger partial charge in [-0.25, -0.2) is 14.6 Å². The molecule has 0 aliphatic rings. The van der Waals surface area contributed by atoms with Crippen LogP contribution in [0.25, 0.3) is 16.7 Å². The van der Waals surface area contributed by atoms with Gasteiger partial charge in [0.25, 0.3) is 0 Å². The largest absolute Gasteiger partial charge is 0.494 e. The maximum Gasteiger partial charge on any atom is 0.233 e. The first-order valence-corrected chi connectivity index (χ1v) is 8.48. The minimum Gasteiger partial charge on any atom is -0.494 e. The monoisotopic (exact) mass is 366 g/mol. The van der Waals surface area contributed by atoms with E-state index in [0.29, 0.717) is 34.3 Å². The van der Waals surface area contributed by atoms with Gasteiger partial charge in [0.1, 0.15) is 23.2 Å². The highest BCUT2D eigenvalue weighted by Gasteiger charge is 2.13. The number of hydrogen-bond donors (Lipinski definition) is 0. The van der Waals surface area contributed by atoms with Crippen LogP contribution in [0.1, 0.15) is 6.92 Å². The Morgan fingerprint density at radius 3 is 2.62 bits per heavy atom. The van der Waals surface area contributed by atoms with Crippen LogP contribution in [0.2, 0.25) is 5.02 Å². The number of aromatic nitrogens is 4. The van der Waals surface area contributed by atoms with Crippen LogP contribution in [0.5, 0.6) is 17.4 Å². The molecule has 0 aliphatic heterocycles. The van der Waals surface area contributed by atoms with Crippen LogP contribution in [0.3, 0.4) is 0 Å². The van der Waals surface area contributed by atoms with Crippen molar-refractivity contribution in [2.75, 3.05) is 6.61 Å². The first kappa shape index (κ1) is 16.4. The quantitative estimate of drug-likeness (QED) is 0.514. The van der Waals surface area contributed by atoms with Crippen molar-refractivity contribution in [3.8, 4) is 23.1 Å². The normalized spacial score (nSPS) is 10.8. The molecule has 130 valence electrons. The van der Waals surface area contributed by atoms with Gasteiger partial charge in [0.2, 0.25) is 5.88 Å². The molecule has 4 rings (SSSR count). The molecule has 0 saturated heterocycles. The summed E-state index contributed by atoms with van der Waals surface area (Å²) in [5.74, 6) is 1.89. The number of fused-ring (bicyclic) bond motifs is 1. The molecule has 2 heterocycles. The average molecular weight is 367 g/mol. The zero-order chi connectivity index (χ0) is 17.9. The minimum absolute atomic E-state index is 0.437. The third kappa shape index (κ3) is 3.19. The molecule has 26 heavy (non-hydrogen) atoms. The van der Waals surface area contributed by atoms with E-state index in [2.05, 4.69) is 15.1 Å². The number of nitrogens with zero attached hydrogens (tertiary/aromatic N) is 4. The molecular weight excluding hydrogens is 352 g/mol. The highest BCUT2D eigenvalue weighted by atomic mass is 35.5. The van der Waals surface area contributed by atoms with Crippen molar-refractivity contribution in [3.05, 3.63) is 66.1 Å². The van der Waals surface area contributed by atoms with E-state index in [9.17, 15) is 0 Å². The van der Waals surface area contributed by atoms with Crippen molar-refractivity contribution >= 4 is 22.6 Å². The molecule has 0 saturated carbocycles. The van der Waals surface area contributed by atoms with Gasteiger partial charge in [0.05, 0.1) is 18.5 Å². The maximum absolute atomic E-state index is 6.08. The molecule has 7 heteroatoms. The summed E-state index contributed by atoms with van der Waals surface area (Å²) in [6, 6.07) is 14.8. The molecule has 0 N–H and O–H groups in total. The van der Waals surface area contributed by atoms with Gasteiger partial charge in [0.15, 0.2) is 5.65 Å². The van der Waals surface area contributed by atoms with Crippen LogP contribution in [-0.4, -0.2) is 26.4 Å². The summed E-state index contributed by atoms with van der Waals surface area (Å²) in [6.45, 7) is 2.56. The fourth-order valence-electron chi connectivity index (χ4n) is 2.58. The molecule has 0 bridgehead atoms. The number of hydrogen-bond acceptors (Lipinski definition) is 5. The Labute approximate surface area is 155 Å². The van der Waals surface area contributed by atoms with Crippen LogP contribution in [0.4, 0.5) is 0 Å². The molecule has 2 aromatic carbocycles. The van der Waals surface area contributed by atoms with Gasteiger partial charge in [-0.15, -0.1) is 0 Å². The predicted molar refractivity (Wildman–Crippen MR) is 99.4 cm³/mol. The van der Waals surface area contributed by atoms with Crippen LogP contribution in [0, 0.1) is 0 Å². The Morgan fingerprint density at radius 1 is 1.04 bits per heavy atom. The van der Waals surface area contributed by atoms with Crippen molar-refractivity contribution in [3.63, 3.8) is 0 Å².